The molecule has 1 atom stereocenters. The van der Waals surface area contributed by atoms with Crippen LogP contribution in [-0.4, -0.2) is 40.0 Å². The van der Waals surface area contributed by atoms with E-state index >= 15 is 0 Å². The van der Waals surface area contributed by atoms with Crippen molar-refractivity contribution < 1.29 is 14.7 Å². The van der Waals surface area contributed by atoms with Crippen LogP contribution >= 0.6 is 0 Å². The van der Waals surface area contributed by atoms with Crippen LogP contribution in [0.1, 0.15) is 17.3 Å². The van der Waals surface area contributed by atoms with E-state index in [9.17, 15) is 14.4 Å². The van der Waals surface area contributed by atoms with Gasteiger partial charge in [0.15, 0.2) is 0 Å². The average molecular weight is 252 g/mol. The Morgan fingerprint density at radius 2 is 2.11 bits per heavy atom. The molecule has 0 spiro atoms. The number of carboxylic acid groups (broad SMARTS) is 1. The number of aliphatic carboxylic acids is 1. The fourth-order valence-corrected chi connectivity index (χ4v) is 1.47. The molecule has 1 unspecified atom stereocenters. The van der Waals surface area contributed by atoms with Crippen LogP contribution in [0.5, 0.6) is 0 Å². The largest absolute Gasteiger partial charge is 0.481 e. The summed E-state index contributed by atoms with van der Waals surface area (Å²) in [6, 6.07) is 2.77. The molecule has 0 radical (unpaired) electrons. The van der Waals surface area contributed by atoms with E-state index in [2.05, 4.69) is 0 Å². The van der Waals surface area contributed by atoms with Gasteiger partial charge in [0.05, 0.1) is 5.92 Å². The van der Waals surface area contributed by atoms with Crippen molar-refractivity contribution >= 4 is 11.9 Å². The van der Waals surface area contributed by atoms with Gasteiger partial charge in [-0.1, -0.05) is 6.92 Å². The zero-order chi connectivity index (χ0) is 13.9. The SMILES string of the molecule is CC(CN(C)C(=O)c1ccn(C)c(=O)c1)C(=O)O. The molecule has 0 fully saturated rings. The third kappa shape index (κ3) is 3.19. The second-order valence-corrected chi connectivity index (χ2v) is 4.29. The summed E-state index contributed by atoms with van der Waals surface area (Å²) in [5.74, 6) is -1.97. The number of nitrogens with zero attached hydrogens (tertiary/aromatic N) is 2. The van der Waals surface area contributed by atoms with Gasteiger partial charge >= 0.3 is 5.97 Å². The smallest absolute Gasteiger partial charge is 0.308 e. The fourth-order valence-electron chi connectivity index (χ4n) is 1.47. The van der Waals surface area contributed by atoms with Gasteiger partial charge in [0.2, 0.25) is 0 Å². The van der Waals surface area contributed by atoms with Gasteiger partial charge in [0, 0.05) is 38.5 Å². The van der Waals surface area contributed by atoms with E-state index in [0.717, 1.165) is 0 Å². The van der Waals surface area contributed by atoms with Crippen molar-refractivity contribution in [2.75, 3.05) is 13.6 Å². The van der Waals surface area contributed by atoms with Crippen molar-refractivity contribution in [1.82, 2.24) is 9.47 Å². The van der Waals surface area contributed by atoms with E-state index < -0.39 is 11.9 Å². The zero-order valence-electron chi connectivity index (χ0n) is 10.6. The van der Waals surface area contributed by atoms with Crippen LogP contribution < -0.4 is 5.56 Å². The summed E-state index contributed by atoms with van der Waals surface area (Å²) in [6.45, 7) is 1.62. The third-order valence-corrected chi connectivity index (χ3v) is 2.67. The number of carboxylic acids is 1. The molecule has 6 heteroatoms. The van der Waals surface area contributed by atoms with Gasteiger partial charge in [-0.05, 0) is 6.07 Å². The Kier molecular flexibility index (Phi) is 4.25. The summed E-state index contributed by atoms with van der Waals surface area (Å²) in [5.41, 5.74) is -0.0151. The molecule has 0 aliphatic carbocycles. The molecule has 0 saturated heterocycles. The maximum Gasteiger partial charge on any atom is 0.308 e. The first-order chi connectivity index (χ1) is 8.32. The minimum atomic E-state index is -0.960. The molecular formula is C12H16N2O4. The molecule has 1 aromatic rings. The molecule has 1 aromatic heterocycles. The standard InChI is InChI=1S/C12H16N2O4/c1-8(12(17)18)7-14(3)11(16)9-4-5-13(2)10(15)6-9/h4-6,8H,7H2,1-3H3,(H,17,18). The molecule has 6 nitrogen and oxygen atoms in total. The number of rotatable bonds is 4. The Hall–Kier alpha value is -2.11. The van der Waals surface area contributed by atoms with Crippen LogP contribution in [0.3, 0.4) is 0 Å². The van der Waals surface area contributed by atoms with E-state index in [0.29, 0.717) is 0 Å². The number of carbonyl (C=O) groups excluding carboxylic acids is 1. The van der Waals surface area contributed by atoms with Gasteiger partial charge in [-0.15, -0.1) is 0 Å². The lowest BCUT2D eigenvalue weighted by atomic mass is 10.1. The lowest BCUT2D eigenvalue weighted by Crippen LogP contribution is -2.34. The summed E-state index contributed by atoms with van der Waals surface area (Å²) in [5, 5.41) is 8.77. The molecule has 98 valence electrons. The van der Waals surface area contributed by atoms with Gasteiger partial charge in [0.25, 0.3) is 11.5 Å². The van der Waals surface area contributed by atoms with Gasteiger partial charge in [-0.2, -0.15) is 0 Å². The Bertz CT molecular complexity index is 521. The number of carbonyl (C=O) groups is 2. The van der Waals surface area contributed by atoms with Crippen LogP contribution in [-0.2, 0) is 11.8 Å². The van der Waals surface area contributed by atoms with Crippen molar-refractivity contribution in [3.8, 4) is 0 Å². The summed E-state index contributed by atoms with van der Waals surface area (Å²) in [7, 11) is 3.10. The Balaban J connectivity index is 2.83. The molecule has 1 heterocycles. The van der Waals surface area contributed by atoms with Crippen LogP contribution in [0.25, 0.3) is 0 Å². The van der Waals surface area contributed by atoms with E-state index in [-0.39, 0.29) is 23.6 Å². The van der Waals surface area contributed by atoms with E-state index in [1.165, 1.54) is 41.8 Å². The molecule has 1 amide bonds. The second-order valence-electron chi connectivity index (χ2n) is 4.29. The lowest BCUT2D eigenvalue weighted by molar-refractivity contribution is -0.141. The molecule has 1 rings (SSSR count). The summed E-state index contributed by atoms with van der Waals surface area (Å²) >= 11 is 0. The third-order valence-electron chi connectivity index (χ3n) is 2.67. The molecule has 0 aromatic carbocycles. The summed E-state index contributed by atoms with van der Waals surface area (Å²) in [6.07, 6.45) is 1.50. The first-order valence-corrected chi connectivity index (χ1v) is 5.48. The number of pyridine rings is 1. The summed E-state index contributed by atoms with van der Waals surface area (Å²) in [4.78, 5) is 35.3. The highest BCUT2D eigenvalue weighted by molar-refractivity contribution is 5.94. The van der Waals surface area contributed by atoms with Crippen LogP contribution in [0.15, 0.2) is 23.1 Å². The predicted octanol–water partition coefficient (Wildman–Crippen LogP) is 0.178. The number of aromatic nitrogens is 1. The minimum Gasteiger partial charge on any atom is -0.481 e. The normalized spacial score (nSPS) is 11.9. The molecule has 18 heavy (non-hydrogen) atoms. The summed E-state index contributed by atoms with van der Waals surface area (Å²) < 4.78 is 1.36. The number of hydrogen-bond donors (Lipinski definition) is 1. The first kappa shape index (κ1) is 14.0. The van der Waals surface area contributed by atoms with Gasteiger partial charge < -0.3 is 14.6 Å². The van der Waals surface area contributed by atoms with Crippen molar-refractivity contribution in [2.45, 2.75) is 6.92 Å². The van der Waals surface area contributed by atoms with Crippen molar-refractivity contribution in [1.29, 1.82) is 0 Å². The van der Waals surface area contributed by atoms with Crippen molar-refractivity contribution in [2.24, 2.45) is 13.0 Å². The second kappa shape index (κ2) is 5.48. The molecule has 0 aliphatic rings. The van der Waals surface area contributed by atoms with E-state index in [1.807, 2.05) is 0 Å². The van der Waals surface area contributed by atoms with Gasteiger partial charge in [-0.3, -0.25) is 14.4 Å². The average Bonchev–Trinajstić information content (AvgIpc) is 2.31. The minimum absolute atomic E-state index is 0.101. The molecule has 0 aliphatic heterocycles. The molecule has 0 saturated carbocycles. The maximum atomic E-state index is 12.0. The van der Waals surface area contributed by atoms with Crippen LogP contribution in [0.4, 0.5) is 0 Å². The van der Waals surface area contributed by atoms with Crippen molar-refractivity contribution in [3.63, 3.8) is 0 Å². The lowest BCUT2D eigenvalue weighted by Gasteiger charge is -2.19. The zero-order valence-corrected chi connectivity index (χ0v) is 10.6. The first-order valence-electron chi connectivity index (χ1n) is 5.48. The van der Waals surface area contributed by atoms with Gasteiger partial charge in [-0.25, -0.2) is 0 Å². The predicted molar refractivity (Wildman–Crippen MR) is 65.4 cm³/mol. The Morgan fingerprint density at radius 1 is 1.50 bits per heavy atom. The molecule has 1 N–H and O–H groups in total. The number of amides is 1. The number of hydrogen-bond acceptors (Lipinski definition) is 3. The van der Waals surface area contributed by atoms with Crippen LogP contribution in [0.2, 0.25) is 0 Å². The molecule has 0 bridgehead atoms. The molecular weight excluding hydrogens is 236 g/mol. The van der Waals surface area contributed by atoms with Gasteiger partial charge in [0.1, 0.15) is 0 Å². The number of aryl methyl sites for hydroxylation is 1. The fraction of sp³-hybridized carbons (Fsp3) is 0.417. The van der Waals surface area contributed by atoms with E-state index in [1.54, 1.807) is 7.05 Å². The van der Waals surface area contributed by atoms with Crippen LogP contribution in [0, 0.1) is 5.92 Å². The quantitative estimate of drug-likeness (QED) is 0.829. The Labute approximate surface area is 104 Å². The van der Waals surface area contributed by atoms with Crippen molar-refractivity contribution in [3.05, 3.63) is 34.2 Å². The van der Waals surface area contributed by atoms with E-state index in [4.69, 9.17) is 5.11 Å². The maximum absolute atomic E-state index is 12.0. The monoisotopic (exact) mass is 252 g/mol. The topological polar surface area (TPSA) is 79.6 Å². The Morgan fingerprint density at radius 3 is 2.61 bits per heavy atom. The highest BCUT2D eigenvalue weighted by Crippen LogP contribution is 2.04. The highest BCUT2D eigenvalue weighted by Gasteiger charge is 2.18. The highest BCUT2D eigenvalue weighted by atomic mass is 16.4.